The molecule has 0 aliphatic heterocycles. The van der Waals surface area contributed by atoms with Gasteiger partial charge in [0.25, 0.3) is 0 Å². The minimum Gasteiger partial charge on any atom is -0.550 e. The molecule has 25 heavy (non-hydrogen) atoms. The minimum atomic E-state index is -1.24. The predicted molar refractivity (Wildman–Crippen MR) is 102 cm³/mol. The Hall–Kier alpha value is -2.09. The first-order valence-electron chi connectivity index (χ1n) is 7.81. The number of carbonyl (C=O) groups excluding carboxylic acids is 2. The van der Waals surface area contributed by atoms with Crippen molar-refractivity contribution in [1.29, 1.82) is 0 Å². The van der Waals surface area contributed by atoms with E-state index in [4.69, 9.17) is 4.74 Å². The maximum atomic E-state index is 12.6. The van der Waals surface area contributed by atoms with E-state index in [2.05, 4.69) is 27.9 Å². The number of ether oxygens (including phenoxy) is 1. The van der Waals surface area contributed by atoms with Gasteiger partial charge in [0, 0.05) is 21.1 Å². The molecule has 5 nitrogen and oxygen atoms in total. The van der Waals surface area contributed by atoms with Gasteiger partial charge in [0.1, 0.15) is 5.75 Å². The van der Waals surface area contributed by atoms with Gasteiger partial charge in [-0.3, -0.25) is 4.79 Å². The zero-order valence-electron chi connectivity index (χ0n) is 14.0. The van der Waals surface area contributed by atoms with Crippen molar-refractivity contribution >= 4 is 40.2 Å². The molecule has 2 atom stereocenters. The molecule has 1 amide bonds. The number of nitrogens with one attached hydrogen (secondary N) is 1. The summed E-state index contributed by atoms with van der Waals surface area (Å²) in [5.41, 5.74) is 1.49. The van der Waals surface area contributed by atoms with Crippen LogP contribution in [0, 0.1) is 15.4 Å². The third-order valence-electron chi connectivity index (χ3n) is 4.04. The van der Waals surface area contributed by atoms with Crippen molar-refractivity contribution in [1.82, 2.24) is 0 Å². The third kappa shape index (κ3) is 5.45. The number of carboxylic acids is 1. The fourth-order valence-electron chi connectivity index (χ4n) is 2.44. The lowest BCUT2D eigenvalue weighted by atomic mass is 9.87. The van der Waals surface area contributed by atoms with E-state index in [-0.39, 0.29) is 5.91 Å². The lowest BCUT2D eigenvalue weighted by Gasteiger charge is -2.24. The maximum absolute atomic E-state index is 12.6. The number of amides is 1. The average molecular weight is 452 g/mol. The fourth-order valence-corrected chi connectivity index (χ4v) is 2.80. The highest BCUT2D eigenvalue weighted by atomic mass is 127. The van der Waals surface area contributed by atoms with Crippen LogP contribution in [0.25, 0.3) is 0 Å². The Morgan fingerprint density at radius 2 is 1.72 bits per heavy atom. The van der Waals surface area contributed by atoms with Crippen LogP contribution in [0.3, 0.4) is 0 Å². The van der Waals surface area contributed by atoms with Gasteiger partial charge in [-0.1, -0.05) is 19.1 Å². The largest absolute Gasteiger partial charge is 0.550 e. The first kappa shape index (κ1) is 19.2. The van der Waals surface area contributed by atoms with Crippen molar-refractivity contribution < 1.29 is 19.4 Å². The molecule has 2 aromatic carbocycles. The number of methoxy groups -OCH3 is 1. The number of benzene rings is 2. The van der Waals surface area contributed by atoms with Crippen LogP contribution in [0.4, 0.5) is 5.69 Å². The summed E-state index contributed by atoms with van der Waals surface area (Å²) in [5, 5.41) is 14.1. The number of hydrogen-bond donors (Lipinski definition) is 1. The van der Waals surface area contributed by atoms with Crippen LogP contribution in [0.15, 0.2) is 48.5 Å². The number of carbonyl (C=O) groups is 2. The quantitative estimate of drug-likeness (QED) is 0.655. The molecule has 0 spiro atoms. The molecule has 132 valence electrons. The van der Waals surface area contributed by atoms with E-state index in [1.807, 2.05) is 24.3 Å². The summed E-state index contributed by atoms with van der Waals surface area (Å²) in [4.78, 5) is 24.0. The van der Waals surface area contributed by atoms with Gasteiger partial charge in [0.15, 0.2) is 0 Å². The number of anilines is 1. The molecule has 0 aliphatic carbocycles. The fraction of sp³-hybridized carbons (Fsp3) is 0.263. The van der Waals surface area contributed by atoms with E-state index in [9.17, 15) is 14.7 Å². The topological polar surface area (TPSA) is 78.5 Å². The number of aliphatic carboxylic acids is 1. The minimum absolute atomic E-state index is 0.301. The van der Waals surface area contributed by atoms with E-state index in [0.29, 0.717) is 17.9 Å². The Morgan fingerprint density at radius 1 is 1.12 bits per heavy atom. The van der Waals surface area contributed by atoms with Crippen LogP contribution < -0.4 is 15.2 Å². The van der Waals surface area contributed by atoms with Crippen molar-refractivity contribution in [2.45, 2.75) is 13.3 Å². The van der Waals surface area contributed by atoms with Crippen LogP contribution in [-0.4, -0.2) is 19.0 Å². The van der Waals surface area contributed by atoms with E-state index < -0.39 is 17.8 Å². The summed E-state index contributed by atoms with van der Waals surface area (Å²) >= 11 is 2.17. The Bertz CT molecular complexity index is 728. The summed E-state index contributed by atoms with van der Waals surface area (Å²) in [5.74, 6) is -2.52. The molecule has 0 saturated carbocycles. The van der Waals surface area contributed by atoms with E-state index >= 15 is 0 Å². The Balaban J connectivity index is 2.17. The number of rotatable bonds is 7. The molecule has 1 N–H and O–H groups in total. The second-order valence-corrected chi connectivity index (χ2v) is 7.01. The zero-order chi connectivity index (χ0) is 18.4. The Morgan fingerprint density at radius 3 is 2.24 bits per heavy atom. The number of halogens is 1. The summed E-state index contributed by atoms with van der Waals surface area (Å²) < 4.78 is 6.16. The van der Waals surface area contributed by atoms with Gasteiger partial charge in [-0.15, -0.1) is 0 Å². The molecular weight excluding hydrogens is 433 g/mol. The second-order valence-electron chi connectivity index (χ2n) is 5.76. The molecule has 0 aromatic heterocycles. The molecule has 0 unspecified atom stereocenters. The Kier molecular flexibility index (Phi) is 6.81. The molecule has 0 heterocycles. The average Bonchev–Trinajstić information content (AvgIpc) is 2.61. The molecule has 0 bridgehead atoms. The third-order valence-corrected chi connectivity index (χ3v) is 4.76. The van der Waals surface area contributed by atoms with Crippen molar-refractivity contribution in [2.75, 3.05) is 12.4 Å². The predicted octanol–water partition coefficient (Wildman–Crippen LogP) is 2.48. The molecule has 6 heteroatoms. The first-order valence-corrected chi connectivity index (χ1v) is 8.89. The molecule has 2 aromatic rings. The molecular formula is C19H19INO4-. The smallest absolute Gasteiger partial charge is 0.228 e. The van der Waals surface area contributed by atoms with Crippen molar-refractivity contribution in [3.05, 3.63) is 57.7 Å². The monoisotopic (exact) mass is 452 g/mol. The van der Waals surface area contributed by atoms with Crippen LogP contribution in [0.1, 0.15) is 12.5 Å². The summed E-state index contributed by atoms with van der Waals surface area (Å²) in [7, 11) is 1.57. The van der Waals surface area contributed by atoms with Crippen LogP contribution in [0.5, 0.6) is 5.75 Å². The van der Waals surface area contributed by atoms with Gasteiger partial charge >= 0.3 is 0 Å². The van der Waals surface area contributed by atoms with Gasteiger partial charge in [0.05, 0.1) is 13.0 Å². The number of carboxylic acid groups (broad SMARTS) is 1. The van der Waals surface area contributed by atoms with Crippen molar-refractivity contribution in [3.8, 4) is 5.75 Å². The van der Waals surface area contributed by atoms with Gasteiger partial charge < -0.3 is 20.0 Å². The Labute approximate surface area is 160 Å². The molecule has 0 aliphatic rings. The van der Waals surface area contributed by atoms with Crippen molar-refractivity contribution in [2.24, 2.45) is 11.8 Å². The summed E-state index contributed by atoms with van der Waals surface area (Å²) in [6.07, 6.45) is 0.301. The van der Waals surface area contributed by atoms with Gasteiger partial charge in [-0.2, -0.15) is 0 Å². The normalized spacial score (nSPS) is 12.9. The van der Waals surface area contributed by atoms with Crippen LogP contribution in [-0.2, 0) is 16.0 Å². The lowest BCUT2D eigenvalue weighted by Crippen LogP contribution is -2.40. The van der Waals surface area contributed by atoms with Crippen molar-refractivity contribution in [3.63, 3.8) is 0 Å². The molecule has 0 fully saturated rings. The summed E-state index contributed by atoms with van der Waals surface area (Å²) in [6, 6.07) is 14.5. The maximum Gasteiger partial charge on any atom is 0.228 e. The molecule has 2 rings (SSSR count). The van der Waals surface area contributed by atoms with E-state index in [1.54, 1.807) is 31.4 Å². The highest BCUT2D eigenvalue weighted by Gasteiger charge is 2.26. The van der Waals surface area contributed by atoms with Crippen LogP contribution in [0.2, 0.25) is 0 Å². The van der Waals surface area contributed by atoms with Gasteiger partial charge in [-0.05, 0) is 71.0 Å². The highest BCUT2D eigenvalue weighted by Crippen LogP contribution is 2.22. The highest BCUT2D eigenvalue weighted by molar-refractivity contribution is 14.1. The van der Waals surface area contributed by atoms with E-state index in [0.717, 1.165) is 9.13 Å². The lowest BCUT2D eigenvalue weighted by molar-refractivity contribution is -0.312. The molecule has 0 saturated heterocycles. The zero-order valence-corrected chi connectivity index (χ0v) is 16.1. The van der Waals surface area contributed by atoms with Gasteiger partial charge in [0.2, 0.25) is 5.91 Å². The van der Waals surface area contributed by atoms with E-state index in [1.165, 1.54) is 6.92 Å². The SMILES string of the molecule is COc1ccc(C[C@@H](C(=O)Nc2ccc(I)cc2)[C@@H](C)C(=O)[O-])cc1. The van der Waals surface area contributed by atoms with Crippen LogP contribution >= 0.6 is 22.6 Å². The standard InChI is InChI=1S/C19H20INO4/c1-12(19(23)24)17(11-13-3-9-16(25-2)10-4-13)18(22)21-15-7-5-14(20)6-8-15/h3-10,12,17H,11H2,1-2H3,(H,21,22)(H,23,24)/p-1/t12-,17-/m1/s1. The number of hydrogen-bond acceptors (Lipinski definition) is 4. The second kappa shape index (κ2) is 8.84. The first-order chi connectivity index (χ1) is 11.9. The summed E-state index contributed by atoms with van der Waals surface area (Å²) in [6.45, 7) is 1.50. The van der Waals surface area contributed by atoms with Gasteiger partial charge in [-0.25, -0.2) is 0 Å². The molecule has 0 radical (unpaired) electrons.